The van der Waals surface area contributed by atoms with Gasteiger partial charge >= 0.3 is 0 Å². The first kappa shape index (κ1) is 13.5. The number of para-hydroxylation sites is 2. The minimum absolute atomic E-state index is 1.17. The van der Waals surface area contributed by atoms with Gasteiger partial charge in [0, 0.05) is 59.9 Å². The van der Waals surface area contributed by atoms with Crippen molar-refractivity contribution < 1.29 is 0 Å². The monoisotopic (exact) mass is 345 g/mol. The highest BCUT2D eigenvalue weighted by atomic mass is 14.8. The first-order valence-electron chi connectivity index (χ1n) is 9.22. The number of benzene rings is 4. The minimum Gasteiger partial charge on any atom is -0.354 e. The Morgan fingerprint density at radius 3 is 1.96 bits per heavy atom. The molecule has 0 amide bonds. The number of aromatic amines is 3. The van der Waals surface area contributed by atoms with Gasteiger partial charge in [0.1, 0.15) is 0 Å². The SMILES string of the molecule is c1ccc2c(c1)[nH]c1cc3[nH]c4c(ccc5[nH]c6ccccc6c54)c3cc12. The molecule has 126 valence electrons. The van der Waals surface area contributed by atoms with Gasteiger partial charge in [0.2, 0.25) is 0 Å². The van der Waals surface area contributed by atoms with Crippen LogP contribution in [-0.2, 0) is 0 Å². The van der Waals surface area contributed by atoms with Gasteiger partial charge in [-0.3, -0.25) is 0 Å². The Kier molecular flexibility index (Phi) is 2.25. The molecule has 3 aromatic heterocycles. The summed E-state index contributed by atoms with van der Waals surface area (Å²) in [5, 5.41) is 7.63. The highest BCUT2D eigenvalue weighted by molar-refractivity contribution is 6.26. The Balaban J connectivity index is 1.71. The zero-order valence-electron chi connectivity index (χ0n) is 14.4. The van der Waals surface area contributed by atoms with E-state index in [1.807, 2.05) is 0 Å². The molecule has 4 aromatic carbocycles. The van der Waals surface area contributed by atoms with E-state index in [0.29, 0.717) is 0 Å². The van der Waals surface area contributed by atoms with Crippen LogP contribution in [0.5, 0.6) is 0 Å². The van der Waals surface area contributed by atoms with Crippen LogP contribution in [-0.4, -0.2) is 15.0 Å². The van der Waals surface area contributed by atoms with Crippen molar-refractivity contribution in [3.05, 3.63) is 72.8 Å². The van der Waals surface area contributed by atoms with Gasteiger partial charge in [-0.05, 0) is 30.3 Å². The number of H-pyrrole nitrogens is 3. The van der Waals surface area contributed by atoms with Crippen LogP contribution in [0.4, 0.5) is 0 Å². The van der Waals surface area contributed by atoms with Crippen LogP contribution in [0, 0.1) is 0 Å². The molecule has 0 saturated carbocycles. The van der Waals surface area contributed by atoms with Gasteiger partial charge in [-0.15, -0.1) is 0 Å². The molecule has 0 radical (unpaired) electrons. The topological polar surface area (TPSA) is 47.4 Å². The Bertz CT molecular complexity index is 1670. The van der Waals surface area contributed by atoms with Crippen LogP contribution in [0.15, 0.2) is 72.8 Å². The summed E-state index contributed by atoms with van der Waals surface area (Å²) in [7, 11) is 0. The third-order valence-electron chi connectivity index (χ3n) is 5.87. The molecule has 7 rings (SSSR count). The molecular weight excluding hydrogens is 330 g/mol. The second-order valence-electron chi connectivity index (χ2n) is 7.32. The van der Waals surface area contributed by atoms with Gasteiger partial charge in [-0.25, -0.2) is 0 Å². The highest BCUT2D eigenvalue weighted by Gasteiger charge is 2.14. The summed E-state index contributed by atoms with van der Waals surface area (Å²) in [6, 6.07) is 26.0. The molecule has 27 heavy (non-hydrogen) atoms. The predicted octanol–water partition coefficient (Wildman–Crippen LogP) is 6.59. The van der Waals surface area contributed by atoms with Gasteiger partial charge in [0.15, 0.2) is 0 Å². The zero-order chi connectivity index (χ0) is 17.5. The molecule has 0 unspecified atom stereocenters. The first-order chi connectivity index (χ1) is 13.4. The molecular formula is C24H15N3. The summed E-state index contributed by atoms with van der Waals surface area (Å²) in [6.45, 7) is 0. The molecule has 3 heteroatoms. The van der Waals surface area contributed by atoms with Crippen LogP contribution < -0.4 is 0 Å². The van der Waals surface area contributed by atoms with E-state index in [2.05, 4.69) is 87.7 Å². The van der Waals surface area contributed by atoms with Gasteiger partial charge in [-0.1, -0.05) is 42.5 Å². The van der Waals surface area contributed by atoms with Crippen molar-refractivity contribution in [1.82, 2.24) is 15.0 Å². The van der Waals surface area contributed by atoms with E-state index in [4.69, 9.17) is 0 Å². The molecule has 0 aliphatic carbocycles. The van der Waals surface area contributed by atoms with Gasteiger partial charge in [0.25, 0.3) is 0 Å². The zero-order valence-corrected chi connectivity index (χ0v) is 14.4. The van der Waals surface area contributed by atoms with E-state index >= 15 is 0 Å². The summed E-state index contributed by atoms with van der Waals surface area (Å²) in [5.74, 6) is 0. The Labute approximate surface area is 153 Å². The molecule has 3 heterocycles. The number of rotatable bonds is 0. The molecule has 3 nitrogen and oxygen atoms in total. The molecule has 3 N–H and O–H groups in total. The van der Waals surface area contributed by atoms with Crippen molar-refractivity contribution in [2.75, 3.05) is 0 Å². The standard InChI is InChI=1S/C24H15N3/c1-3-7-18-13(5-1)16-11-17-14-9-10-20-23(15-6-2-4-8-19(15)25-20)24(14)27-22(17)12-21(16)26-18/h1-12,25-27H. The molecule has 0 bridgehead atoms. The van der Waals surface area contributed by atoms with Crippen molar-refractivity contribution in [3.8, 4) is 0 Å². The van der Waals surface area contributed by atoms with Gasteiger partial charge < -0.3 is 15.0 Å². The van der Waals surface area contributed by atoms with Crippen LogP contribution in [0.2, 0.25) is 0 Å². The lowest BCUT2D eigenvalue weighted by Crippen LogP contribution is -1.71. The second-order valence-corrected chi connectivity index (χ2v) is 7.32. The third-order valence-corrected chi connectivity index (χ3v) is 5.87. The van der Waals surface area contributed by atoms with Crippen molar-refractivity contribution in [3.63, 3.8) is 0 Å². The maximum atomic E-state index is 3.70. The Morgan fingerprint density at radius 2 is 1.07 bits per heavy atom. The maximum absolute atomic E-state index is 3.70. The summed E-state index contributed by atoms with van der Waals surface area (Å²) in [6.07, 6.45) is 0. The number of nitrogens with one attached hydrogen (secondary N) is 3. The van der Waals surface area contributed by atoms with Crippen molar-refractivity contribution in [2.24, 2.45) is 0 Å². The molecule has 0 aliphatic heterocycles. The lowest BCUT2D eigenvalue weighted by Gasteiger charge is -1.95. The van der Waals surface area contributed by atoms with Crippen LogP contribution >= 0.6 is 0 Å². The fourth-order valence-electron chi connectivity index (χ4n) is 4.66. The van der Waals surface area contributed by atoms with Gasteiger partial charge in [-0.2, -0.15) is 0 Å². The number of aromatic nitrogens is 3. The van der Waals surface area contributed by atoms with E-state index < -0.39 is 0 Å². The van der Waals surface area contributed by atoms with E-state index in [1.165, 1.54) is 65.4 Å². The van der Waals surface area contributed by atoms with Crippen LogP contribution in [0.3, 0.4) is 0 Å². The van der Waals surface area contributed by atoms with Crippen molar-refractivity contribution in [2.45, 2.75) is 0 Å². The lowest BCUT2D eigenvalue weighted by atomic mass is 10.1. The predicted molar refractivity (Wildman–Crippen MR) is 115 cm³/mol. The normalized spacial score (nSPS) is 12.4. The third kappa shape index (κ3) is 1.62. The van der Waals surface area contributed by atoms with E-state index in [-0.39, 0.29) is 0 Å². The summed E-state index contributed by atoms with van der Waals surface area (Å²) in [5.41, 5.74) is 7.08. The molecule has 0 spiro atoms. The Morgan fingerprint density at radius 1 is 0.407 bits per heavy atom. The smallest absolute Gasteiger partial charge is 0.0566 e. The average Bonchev–Trinajstić information content (AvgIpc) is 3.36. The van der Waals surface area contributed by atoms with E-state index in [1.54, 1.807) is 0 Å². The molecule has 7 aromatic rings. The van der Waals surface area contributed by atoms with Crippen molar-refractivity contribution in [1.29, 1.82) is 0 Å². The molecule has 0 atom stereocenters. The average molecular weight is 345 g/mol. The molecule has 0 fully saturated rings. The fraction of sp³-hybridized carbons (Fsp3) is 0. The van der Waals surface area contributed by atoms with E-state index in [9.17, 15) is 0 Å². The summed E-state index contributed by atoms with van der Waals surface area (Å²) < 4.78 is 0. The van der Waals surface area contributed by atoms with Gasteiger partial charge in [0.05, 0.1) is 5.52 Å². The second kappa shape index (κ2) is 4.51. The quantitative estimate of drug-likeness (QED) is 0.278. The number of hydrogen-bond acceptors (Lipinski definition) is 0. The minimum atomic E-state index is 1.17. The molecule has 0 saturated heterocycles. The first-order valence-corrected chi connectivity index (χ1v) is 9.22. The Hall–Kier alpha value is -3.72. The van der Waals surface area contributed by atoms with Crippen molar-refractivity contribution >= 4 is 65.4 Å². The molecule has 0 aliphatic rings. The fourth-order valence-corrected chi connectivity index (χ4v) is 4.66. The lowest BCUT2D eigenvalue weighted by molar-refractivity contribution is 1.53. The van der Waals surface area contributed by atoms with Crippen LogP contribution in [0.25, 0.3) is 65.4 Å². The van der Waals surface area contributed by atoms with E-state index in [0.717, 1.165) is 0 Å². The summed E-state index contributed by atoms with van der Waals surface area (Å²) in [4.78, 5) is 10.8. The van der Waals surface area contributed by atoms with Crippen LogP contribution in [0.1, 0.15) is 0 Å². The summed E-state index contributed by atoms with van der Waals surface area (Å²) >= 11 is 0. The maximum Gasteiger partial charge on any atom is 0.0566 e. The number of hydrogen-bond donors (Lipinski definition) is 3. The number of fused-ring (bicyclic) bond motifs is 10. The highest BCUT2D eigenvalue weighted by Crippen LogP contribution is 2.37. The largest absolute Gasteiger partial charge is 0.354 e.